The lowest BCUT2D eigenvalue weighted by molar-refractivity contribution is -0.119. The molecule has 0 atom stereocenters. The molecule has 2 N–H and O–H groups in total. The van der Waals surface area contributed by atoms with E-state index in [1.54, 1.807) is 0 Å². The molecule has 0 aliphatic heterocycles. The summed E-state index contributed by atoms with van der Waals surface area (Å²) in [5, 5.41) is 7.46. The van der Waals surface area contributed by atoms with Crippen LogP contribution < -0.4 is 10.7 Å². The molecule has 0 spiro atoms. The van der Waals surface area contributed by atoms with Crippen LogP contribution in [0.4, 0.5) is 5.69 Å². The Labute approximate surface area is 144 Å². The predicted octanol–water partition coefficient (Wildman–Crippen LogP) is 4.04. The summed E-state index contributed by atoms with van der Waals surface area (Å²) in [6.07, 6.45) is 1.80. The molecule has 4 heteroatoms. The highest BCUT2D eigenvalue weighted by atomic mass is 16.2. The lowest BCUT2D eigenvalue weighted by Crippen LogP contribution is -2.27. The van der Waals surface area contributed by atoms with E-state index >= 15 is 0 Å². The van der Waals surface area contributed by atoms with Crippen LogP contribution in [0.25, 0.3) is 0 Å². The first-order valence-electron chi connectivity index (χ1n) is 8.32. The molecule has 0 aromatic heterocycles. The normalized spacial score (nSPS) is 11.2. The molecule has 0 saturated heterocycles. The summed E-state index contributed by atoms with van der Waals surface area (Å²) in [6.45, 7) is 6.38. The maximum atomic E-state index is 12.1. The summed E-state index contributed by atoms with van der Waals surface area (Å²) in [5.41, 5.74) is 7.90. The number of amides is 1. The number of nitrogens with zero attached hydrogens (tertiary/aromatic N) is 1. The Morgan fingerprint density at radius 2 is 1.83 bits per heavy atom. The third kappa shape index (κ3) is 5.23. The van der Waals surface area contributed by atoms with Gasteiger partial charge in [0.1, 0.15) is 0 Å². The van der Waals surface area contributed by atoms with Gasteiger partial charge in [-0.1, -0.05) is 61.4 Å². The van der Waals surface area contributed by atoms with Crippen molar-refractivity contribution in [2.75, 3.05) is 11.9 Å². The van der Waals surface area contributed by atoms with Crippen molar-refractivity contribution in [2.45, 2.75) is 33.6 Å². The first-order valence-corrected chi connectivity index (χ1v) is 8.32. The molecule has 1 amide bonds. The van der Waals surface area contributed by atoms with Gasteiger partial charge in [0.05, 0.1) is 12.3 Å². The van der Waals surface area contributed by atoms with Crippen molar-refractivity contribution in [1.29, 1.82) is 0 Å². The van der Waals surface area contributed by atoms with Crippen molar-refractivity contribution < 1.29 is 4.79 Å². The molecule has 0 radical (unpaired) electrons. The van der Waals surface area contributed by atoms with Gasteiger partial charge < -0.3 is 5.32 Å². The second-order valence-corrected chi connectivity index (χ2v) is 5.88. The number of carbonyl (C=O) groups excluding carboxylic acids is 1. The van der Waals surface area contributed by atoms with Crippen LogP contribution in [0, 0.1) is 13.8 Å². The summed E-state index contributed by atoms with van der Waals surface area (Å²) in [7, 11) is 0. The van der Waals surface area contributed by atoms with Crippen LogP contribution in [0.3, 0.4) is 0 Å². The quantitative estimate of drug-likeness (QED) is 0.597. The van der Waals surface area contributed by atoms with Crippen molar-refractivity contribution in [3.8, 4) is 0 Å². The smallest absolute Gasteiger partial charge is 0.259 e. The Morgan fingerprint density at radius 1 is 1.08 bits per heavy atom. The van der Waals surface area contributed by atoms with Gasteiger partial charge in [-0.2, -0.15) is 5.10 Å². The van der Waals surface area contributed by atoms with Crippen molar-refractivity contribution in [2.24, 2.45) is 5.10 Å². The second-order valence-electron chi connectivity index (χ2n) is 5.88. The molecule has 0 bridgehead atoms. The molecule has 0 fully saturated rings. The number of rotatable bonds is 7. The van der Waals surface area contributed by atoms with Crippen molar-refractivity contribution in [1.82, 2.24) is 5.43 Å². The van der Waals surface area contributed by atoms with E-state index in [0.717, 1.165) is 35.4 Å². The lowest BCUT2D eigenvalue weighted by Gasteiger charge is -2.10. The molecule has 0 saturated carbocycles. The highest BCUT2D eigenvalue weighted by molar-refractivity contribution is 6.01. The highest BCUT2D eigenvalue weighted by Crippen LogP contribution is 2.15. The van der Waals surface area contributed by atoms with Gasteiger partial charge in [-0.05, 0) is 37.5 Å². The monoisotopic (exact) mass is 323 g/mol. The van der Waals surface area contributed by atoms with Gasteiger partial charge in [0.15, 0.2) is 0 Å². The van der Waals surface area contributed by atoms with Gasteiger partial charge in [-0.3, -0.25) is 4.79 Å². The minimum atomic E-state index is -0.153. The van der Waals surface area contributed by atoms with Gasteiger partial charge in [0, 0.05) is 5.69 Å². The minimum absolute atomic E-state index is 0.153. The topological polar surface area (TPSA) is 53.5 Å². The zero-order chi connectivity index (χ0) is 17.4. The maximum Gasteiger partial charge on any atom is 0.259 e. The standard InChI is InChI=1S/C20H25N3O/c1-4-8-19(17-9-6-5-7-10-17)22-23-20(24)14-21-18-12-11-15(2)13-16(18)3/h5-7,9-13,21H,4,8,14H2,1-3H3,(H,23,24)/b22-19+. The van der Waals surface area contributed by atoms with Crippen LogP contribution in [-0.4, -0.2) is 18.2 Å². The fourth-order valence-electron chi connectivity index (χ4n) is 2.49. The number of hydrazone groups is 1. The van der Waals surface area contributed by atoms with E-state index in [2.05, 4.69) is 35.8 Å². The van der Waals surface area contributed by atoms with E-state index in [4.69, 9.17) is 0 Å². The van der Waals surface area contributed by atoms with Crippen LogP contribution in [0.2, 0.25) is 0 Å². The molecule has 24 heavy (non-hydrogen) atoms. The summed E-state index contributed by atoms with van der Waals surface area (Å²) in [4.78, 5) is 12.1. The SMILES string of the molecule is CCC/C(=N\NC(=O)CNc1ccc(C)cc1C)c1ccccc1. The molecule has 4 nitrogen and oxygen atoms in total. The van der Waals surface area contributed by atoms with E-state index in [0.29, 0.717) is 0 Å². The molecule has 2 aromatic rings. The van der Waals surface area contributed by atoms with E-state index < -0.39 is 0 Å². The predicted molar refractivity (Wildman–Crippen MR) is 100 cm³/mol. The summed E-state index contributed by atoms with van der Waals surface area (Å²) in [5.74, 6) is -0.153. The van der Waals surface area contributed by atoms with E-state index in [1.807, 2.05) is 49.4 Å². The minimum Gasteiger partial charge on any atom is -0.376 e. The molecule has 0 unspecified atom stereocenters. The second kappa shape index (κ2) is 8.87. The number of hydrogen-bond acceptors (Lipinski definition) is 3. The number of benzene rings is 2. The number of hydrogen-bond donors (Lipinski definition) is 2. The summed E-state index contributed by atoms with van der Waals surface area (Å²) in [6, 6.07) is 16.1. The van der Waals surface area contributed by atoms with Crippen molar-refractivity contribution in [3.63, 3.8) is 0 Å². The molecule has 0 heterocycles. The van der Waals surface area contributed by atoms with Gasteiger partial charge in [-0.15, -0.1) is 0 Å². The number of carbonyl (C=O) groups is 1. The van der Waals surface area contributed by atoms with Crippen LogP contribution in [0.15, 0.2) is 53.6 Å². The summed E-state index contributed by atoms with van der Waals surface area (Å²) < 4.78 is 0. The van der Waals surface area contributed by atoms with Crippen LogP contribution in [0.1, 0.15) is 36.5 Å². The molecule has 126 valence electrons. The molecule has 2 rings (SSSR count). The van der Waals surface area contributed by atoms with Crippen molar-refractivity contribution in [3.05, 3.63) is 65.2 Å². The number of anilines is 1. The number of aryl methyl sites for hydroxylation is 2. The lowest BCUT2D eigenvalue weighted by atomic mass is 10.1. The fourth-order valence-corrected chi connectivity index (χ4v) is 2.49. The molecule has 0 aliphatic carbocycles. The van der Waals surface area contributed by atoms with Crippen LogP contribution in [0.5, 0.6) is 0 Å². The first-order chi connectivity index (χ1) is 11.6. The largest absolute Gasteiger partial charge is 0.376 e. The average Bonchev–Trinajstić information content (AvgIpc) is 2.58. The Hall–Kier alpha value is -2.62. The Morgan fingerprint density at radius 3 is 2.50 bits per heavy atom. The van der Waals surface area contributed by atoms with Crippen molar-refractivity contribution >= 4 is 17.3 Å². The van der Waals surface area contributed by atoms with E-state index in [-0.39, 0.29) is 12.5 Å². The van der Waals surface area contributed by atoms with Gasteiger partial charge in [0.25, 0.3) is 5.91 Å². The highest BCUT2D eigenvalue weighted by Gasteiger charge is 2.05. The van der Waals surface area contributed by atoms with Gasteiger partial charge in [0.2, 0.25) is 0 Å². The Balaban J connectivity index is 1.95. The molecular formula is C20H25N3O. The van der Waals surface area contributed by atoms with Gasteiger partial charge >= 0.3 is 0 Å². The van der Waals surface area contributed by atoms with Crippen LogP contribution in [-0.2, 0) is 4.79 Å². The van der Waals surface area contributed by atoms with E-state index in [1.165, 1.54) is 5.56 Å². The third-order valence-electron chi connectivity index (χ3n) is 3.73. The Kier molecular flexibility index (Phi) is 6.55. The fraction of sp³-hybridized carbons (Fsp3) is 0.300. The first kappa shape index (κ1) is 17.7. The Bertz CT molecular complexity index is 708. The molecule has 0 aliphatic rings. The molecular weight excluding hydrogens is 298 g/mol. The van der Waals surface area contributed by atoms with Crippen LogP contribution >= 0.6 is 0 Å². The van der Waals surface area contributed by atoms with E-state index in [9.17, 15) is 4.79 Å². The average molecular weight is 323 g/mol. The third-order valence-corrected chi connectivity index (χ3v) is 3.73. The number of nitrogens with one attached hydrogen (secondary N) is 2. The zero-order valence-corrected chi connectivity index (χ0v) is 14.6. The zero-order valence-electron chi connectivity index (χ0n) is 14.6. The molecule has 2 aromatic carbocycles. The summed E-state index contributed by atoms with van der Waals surface area (Å²) >= 11 is 0. The van der Waals surface area contributed by atoms with Gasteiger partial charge in [-0.25, -0.2) is 5.43 Å². The maximum absolute atomic E-state index is 12.1.